The zero-order chi connectivity index (χ0) is 14.4. The van der Waals surface area contributed by atoms with Crippen LogP contribution >= 0.6 is 31.9 Å². The number of amides is 1. The third-order valence-electron chi connectivity index (χ3n) is 2.37. The molecular weight excluding hydrogens is 376 g/mol. The Morgan fingerprint density at radius 1 is 1.47 bits per heavy atom. The first-order valence-corrected chi connectivity index (χ1v) is 7.09. The van der Waals surface area contributed by atoms with Gasteiger partial charge in [0.2, 0.25) is 5.91 Å². The molecule has 0 fully saturated rings. The Kier molecular flexibility index (Phi) is 6.19. The number of terminal acetylenes is 1. The summed E-state index contributed by atoms with van der Waals surface area (Å²) in [6.45, 7) is 1.97. The molecule has 2 N–H and O–H groups in total. The lowest BCUT2D eigenvalue weighted by atomic mass is 10.2. The van der Waals surface area contributed by atoms with Crippen LogP contribution < -0.4 is 15.4 Å². The van der Waals surface area contributed by atoms with Gasteiger partial charge in [0, 0.05) is 10.5 Å². The number of rotatable bonds is 5. The molecule has 19 heavy (non-hydrogen) atoms. The SMILES string of the molecule is C#CCNC(=O)C(C)Nc1cc(OC)c(Br)cc1Br. The van der Waals surface area contributed by atoms with Crippen molar-refractivity contribution in [3.05, 3.63) is 21.1 Å². The molecule has 0 aliphatic carbocycles. The first-order chi connectivity index (χ1) is 8.99. The van der Waals surface area contributed by atoms with Crippen molar-refractivity contribution in [1.29, 1.82) is 0 Å². The lowest BCUT2D eigenvalue weighted by molar-refractivity contribution is -0.121. The van der Waals surface area contributed by atoms with Crippen molar-refractivity contribution in [3.8, 4) is 18.1 Å². The number of ether oxygens (including phenoxy) is 1. The average Bonchev–Trinajstić information content (AvgIpc) is 2.38. The fourth-order valence-electron chi connectivity index (χ4n) is 1.39. The molecule has 1 atom stereocenters. The number of nitrogens with one attached hydrogen (secondary N) is 2. The van der Waals surface area contributed by atoms with Crippen LogP contribution in [0.5, 0.6) is 5.75 Å². The minimum absolute atomic E-state index is 0.160. The summed E-state index contributed by atoms with van der Waals surface area (Å²) in [4.78, 5) is 11.7. The molecule has 1 amide bonds. The zero-order valence-electron chi connectivity index (χ0n) is 10.6. The van der Waals surface area contributed by atoms with Gasteiger partial charge in [-0.1, -0.05) is 5.92 Å². The van der Waals surface area contributed by atoms with Crippen LogP contribution in [0, 0.1) is 12.3 Å². The van der Waals surface area contributed by atoms with E-state index in [1.54, 1.807) is 20.1 Å². The zero-order valence-corrected chi connectivity index (χ0v) is 13.8. The van der Waals surface area contributed by atoms with Crippen LogP contribution in [0.1, 0.15) is 6.92 Å². The Morgan fingerprint density at radius 3 is 2.74 bits per heavy atom. The van der Waals surface area contributed by atoms with Gasteiger partial charge >= 0.3 is 0 Å². The van der Waals surface area contributed by atoms with Crippen LogP contribution in [0.2, 0.25) is 0 Å². The van der Waals surface area contributed by atoms with Crippen LogP contribution in [0.3, 0.4) is 0 Å². The lowest BCUT2D eigenvalue weighted by Crippen LogP contribution is -2.37. The van der Waals surface area contributed by atoms with Crippen LogP contribution in [-0.2, 0) is 4.79 Å². The second-order valence-corrected chi connectivity index (χ2v) is 5.46. The van der Waals surface area contributed by atoms with Gasteiger partial charge in [-0.25, -0.2) is 0 Å². The molecule has 0 aliphatic rings. The van der Waals surface area contributed by atoms with Crippen LogP contribution in [0.15, 0.2) is 21.1 Å². The van der Waals surface area contributed by atoms with Gasteiger partial charge in [-0.15, -0.1) is 6.42 Å². The largest absolute Gasteiger partial charge is 0.495 e. The molecule has 0 spiro atoms. The van der Waals surface area contributed by atoms with E-state index in [4.69, 9.17) is 11.2 Å². The van der Waals surface area contributed by atoms with Crippen molar-refractivity contribution in [3.63, 3.8) is 0 Å². The highest BCUT2D eigenvalue weighted by Gasteiger charge is 2.14. The summed E-state index contributed by atoms with van der Waals surface area (Å²) in [5, 5.41) is 5.71. The van der Waals surface area contributed by atoms with Crippen molar-refractivity contribution < 1.29 is 9.53 Å². The monoisotopic (exact) mass is 388 g/mol. The number of hydrogen-bond donors (Lipinski definition) is 2. The van der Waals surface area contributed by atoms with E-state index < -0.39 is 6.04 Å². The summed E-state index contributed by atoms with van der Waals surface area (Å²) in [5.74, 6) is 2.88. The first kappa shape index (κ1) is 15.9. The number of carbonyl (C=O) groups excluding carboxylic acids is 1. The highest BCUT2D eigenvalue weighted by molar-refractivity contribution is 9.11. The predicted molar refractivity (Wildman–Crippen MR) is 83.3 cm³/mol. The molecule has 0 heterocycles. The summed E-state index contributed by atoms with van der Waals surface area (Å²) in [6.07, 6.45) is 5.09. The molecule has 1 aromatic carbocycles. The Labute approximate surface area is 129 Å². The topological polar surface area (TPSA) is 50.4 Å². The van der Waals surface area contributed by atoms with E-state index in [9.17, 15) is 4.79 Å². The molecule has 0 aromatic heterocycles. The van der Waals surface area contributed by atoms with Gasteiger partial charge in [-0.05, 0) is 44.8 Å². The number of anilines is 1. The standard InChI is InChI=1S/C13H14Br2N2O2/c1-4-5-16-13(18)8(2)17-11-7-12(19-3)10(15)6-9(11)14/h1,6-8,17H,5H2,2-3H3,(H,16,18). The molecule has 1 rings (SSSR count). The molecule has 0 radical (unpaired) electrons. The Balaban J connectivity index is 2.82. The van der Waals surface area contributed by atoms with Gasteiger partial charge < -0.3 is 15.4 Å². The number of hydrogen-bond acceptors (Lipinski definition) is 3. The predicted octanol–water partition coefficient (Wildman–Crippen LogP) is 2.77. The third kappa shape index (κ3) is 4.44. The highest BCUT2D eigenvalue weighted by Crippen LogP contribution is 2.34. The Morgan fingerprint density at radius 2 is 2.16 bits per heavy atom. The number of benzene rings is 1. The maximum absolute atomic E-state index is 11.7. The molecule has 6 heteroatoms. The summed E-state index contributed by atoms with van der Waals surface area (Å²) >= 11 is 6.82. The number of halogens is 2. The second-order valence-electron chi connectivity index (χ2n) is 3.75. The molecule has 1 unspecified atom stereocenters. The number of carbonyl (C=O) groups is 1. The molecular formula is C13H14Br2N2O2. The molecule has 4 nitrogen and oxygen atoms in total. The number of methoxy groups -OCH3 is 1. The van der Waals surface area contributed by atoms with E-state index in [1.165, 1.54) is 0 Å². The van der Waals surface area contributed by atoms with Gasteiger partial charge in [0.15, 0.2) is 0 Å². The highest BCUT2D eigenvalue weighted by atomic mass is 79.9. The quantitative estimate of drug-likeness (QED) is 0.761. The summed E-state index contributed by atoms with van der Waals surface area (Å²) in [5.41, 5.74) is 0.767. The van der Waals surface area contributed by atoms with Gasteiger partial charge in [-0.3, -0.25) is 4.79 Å². The van der Waals surface area contributed by atoms with Crippen molar-refractivity contribution in [2.24, 2.45) is 0 Å². The van der Waals surface area contributed by atoms with Gasteiger partial charge in [-0.2, -0.15) is 0 Å². The molecule has 102 valence electrons. The van der Waals surface area contributed by atoms with Crippen LogP contribution in [0.4, 0.5) is 5.69 Å². The third-order valence-corrected chi connectivity index (χ3v) is 3.65. The van der Waals surface area contributed by atoms with Crippen LogP contribution in [-0.4, -0.2) is 25.6 Å². The Bertz CT molecular complexity index is 512. The average molecular weight is 390 g/mol. The minimum atomic E-state index is -0.407. The Hall–Kier alpha value is -1.19. The minimum Gasteiger partial charge on any atom is -0.495 e. The van der Waals surface area contributed by atoms with Gasteiger partial charge in [0.25, 0.3) is 0 Å². The first-order valence-electron chi connectivity index (χ1n) is 5.50. The van der Waals surface area contributed by atoms with E-state index in [2.05, 4.69) is 48.4 Å². The van der Waals surface area contributed by atoms with E-state index in [0.29, 0.717) is 5.75 Å². The van der Waals surface area contributed by atoms with Crippen molar-refractivity contribution >= 4 is 43.5 Å². The van der Waals surface area contributed by atoms with Crippen LogP contribution in [0.25, 0.3) is 0 Å². The molecule has 0 saturated carbocycles. The normalized spacial score (nSPS) is 11.3. The van der Waals surface area contributed by atoms with Gasteiger partial charge in [0.1, 0.15) is 11.8 Å². The molecule has 1 aromatic rings. The van der Waals surface area contributed by atoms with E-state index in [-0.39, 0.29) is 12.5 Å². The van der Waals surface area contributed by atoms with Crippen molar-refractivity contribution in [2.45, 2.75) is 13.0 Å². The maximum Gasteiger partial charge on any atom is 0.242 e. The fourth-order valence-corrected chi connectivity index (χ4v) is 2.66. The van der Waals surface area contributed by atoms with Crippen molar-refractivity contribution in [1.82, 2.24) is 5.32 Å². The van der Waals surface area contributed by atoms with E-state index >= 15 is 0 Å². The van der Waals surface area contributed by atoms with E-state index in [0.717, 1.165) is 14.6 Å². The fraction of sp³-hybridized carbons (Fsp3) is 0.308. The summed E-state index contributed by atoms with van der Waals surface area (Å²) < 4.78 is 6.87. The molecule has 0 aliphatic heterocycles. The van der Waals surface area contributed by atoms with E-state index in [1.807, 2.05) is 6.07 Å². The second kappa shape index (κ2) is 7.41. The molecule has 0 saturated heterocycles. The smallest absolute Gasteiger partial charge is 0.242 e. The summed E-state index contributed by atoms with van der Waals surface area (Å²) in [7, 11) is 1.58. The maximum atomic E-state index is 11.7. The lowest BCUT2D eigenvalue weighted by Gasteiger charge is -2.17. The molecule has 0 bridgehead atoms. The van der Waals surface area contributed by atoms with Crippen molar-refractivity contribution in [2.75, 3.05) is 19.0 Å². The summed E-state index contributed by atoms with van der Waals surface area (Å²) in [6, 6.07) is 3.25. The van der Waals surface area contributed by atoms with Gasteiger partial charge in [0.05, 0.1) is 23.8 Å².